The summed E-state index contributed by atoms with van der Waals surface area (Å²) in [6, 6.07) is 4.08. The smallest absolute Gasteiger partial charge is 0.339 e. The maximum absolute atomic E-state index is 12.7. The van der Waals surface area contributed by atoms with E-state index in [1.165, 1.54) is 12.7 Å². The van der Waals surface area contributed by atoms with Gasteiger partial charge in [-0.1, -0.05) is 6.92 Å². The van der Waals surface area contributed by atoms with Crippen LogP contribution in [0.4, 0.5) is 0 Å². The minimum absolute atomic E-state index is 0.0536. The van der Waals surface area contributed by atoms with E-state index >= 15 is 0 Å². The molecule has 0 fully saturated rings. The molecule has 0 bridgehead atoms. The molecule has 0 aliphatic rings. The number of carbonyl (C=O) groups is 2. The molecule has 0 saturated carbocycles. The van der Waals surface area contributed by atoms with Gasteiger partial charge in [0.2, 0.25) is 12.3 Å². The molecule has 0 saturated heterocycles. The van der Waals surface area contributed by atoms with Crippen LogP contribution in [0.15, 0.2) is 18.3 Å². The first-order valence-electron chi connectivity index (χ1n) is 7.68. The Morgan fingerprint density at radius 1 is 1.22 bits per heavy atom. The highest BCUT2D eigenvalue weighted by molar-refractivity contribution is 6.00. The van der Waals surface area contributed by atoms with Crippen LogP contribution in [-0.4, -0.2) is 23.8 Å². The average molecular weight is 315 g/mol. The van der Waals surface area contributed by atoms with Crippen LogP contribution in [0, 0.1) is 20.8 Å². The Morgan fingerprint density at radius 3 is 2.52 bits per heavy atom. The minimum Gasteiger partial charge on any atom is -0.465 e. The monoisotopic (exact) mass is 315 g/mol. The van der Waals surface area contributed by atoms with Gasteiger partial charge in [0, 0.05) is 24.2 Å². The van der Waals surface area contributed by atoms with Gasteiger partial charge in [-0.3, -0.25) is 4.79 Å². The standard InChI is InChI=1S/C18H22N2O3/c1-6-14-8-7-11(2)20(9-14)10-15(21)17-12(3)16(13(4)19-17)18(22)23-5/h7-9H,6,10H2,1-5H3/p+1. The maximum atomic E-state index is 12.7. The quantitative estimate of drug-likeness (QED) is 0.524. The first-order valence-corrected chi connectivity index (χ1v) is 7.68. The van der Waals surface area contributed by atoms with Crippen LogP contribution in [-0.2, 0) is 17.7 Å². The summed E-state index contributed by atoms with van der Waals surface area (Å²) in [5.74, 6) is -0.478. The third kappa shape index (κ3) is 3.33. The molecule has 2 rings (SSSR count). The van der Waals surface area contributed by atoms with E-state index in [1.807, 2.05) is 23.8 Å². The summed E-state index contributed by atoms with van der Waals surface area (Å²) in [5.41, 5.74) is 4.41. The zero-order valence-corrected chi connectivity index (χ0v) is 14.3. The first-order chi connectivity index (χ1) is 10.9. The Bertz CT molecular complexity index is 760. The predicted octanol–water partition coefficient (Wildman–Crippen LogP) is 2.46. The number of pyridine rings is 1. The number of aromatic nitrogens is 2. The van der Waals surface area contributed by atoms with Crippen molar-refractivity contribution in [2.24, 2.45) is 0 Å². The number of rotatable bonds is 5. The van der Waals surface area contributed by atoms with Gasteiger partial charge < -0.3 is 9.72 Å². The van der Waals surface area contributed by atoms with Gasteiger partial charge in [-0.05, 0) is 31.9 Å². The molecule has 0 amide bonds. The van der Waals surface area contributed by atoms with E-state index in [0.717, 1.165) is 12.1 Å². The van der Waals surface area contributed by atoms with Crippen molar-refractivity contribution in [1.82, 2.24) is 4.98 Å². The van der Waals surface area contributed by atoms with E-state index < -0.39 is 5.97 Å². The molecule has 0 aliphatic heterocycles. The number of hydrogen-bond acceptors (Lipinski definition) is 3. The zero-order chi connectivity index (χ0) is 17.1. The Labute approximate surface area is 136 Å². The number of ether oxygens (including phenoxy) is 1. The van der Waals surface area contributed by atoms with E-state index in [9.17, 15) is 9.59 Å². The number of methoxy groups -OCH3 is 1. The van der Waals surface area contributed by atoms with Gasteiger partial charge in [-0.25, -0.2) is 4.79 Å². The van der Waals surface area contributed by atoms with Crippen molar-refractivity contribution in [2.45, 2.75) is 40.7 Å². The Kier molecular flexibility index (Phi) is 4.98. The second kappa shape index (κ2) is 6.77. The molecule has 0 atom stereocenters. The lowest BCUT2D eigenvalue weighted by atomic mass is 10.1. The van der Waals surface area contributed by atoms with Crippen molar-refractivity contribution in [1.29, 1.82) is 0 Å². The summed E-state index contributed by atoms with van der Waals surface area (Å²) in [6.07, 6.45) is 2.92. The lowest BCUT2D eigenvalue weighted by Crippen LogP contribution is -2.41. The number of aromatic amines is 1. The molecular weight excluding hydrogens is 292 g/mol. The van der Waals surface area contributed by atoms with Crippen LogP contribution in [0.2, 0.25) is 0 Å². The minimum atomic E-state index is -0.424. The van der Waals surface area contributed by atoms with Gasteiger partial charge >= 0.3 is 5.97 Å². The molecule has 122 valence electrons. The SMILES string of the molecule is CCc1ccc(C)[n+](CC(=O)c2[nH]c(C)c(C(=O)OC)c2C)c1. The molecule has 0 spiro atoms. The van der Waals surface area contributed by atoms with E-state index in [0.29, 0.717) is 22.5 Å². The van der Waals surface area contributed by atoms with Crippen LogP contribution in [0.1, 0.15) is 50.3 Å². The highest BCUT2D eigenvalue weighted by Gasteiger charge is 2.24. The van der Waals surface area contributed by atoms with Gasteiger partial charge in [0.15, 0.2) is 11.9 Å². The molecule has 23 heavy (non-hydrogen) atoms. The summed E-state index contributed by atoms with van der Waals surface area (Å²) < 4.78 is 6.72. The van der Waals surface area contributed by atoms with Crippen molar-refractivity contribution in [2.75, 3.05) is 7.11 Å². The molecule has 5 heteroatoms. The fourth-order valence-electron chi connectivity index (χ4n) is 2.72. The topological polar surface area (TPSA) is 63.0 Å². The van der Waals surface area contributed by atoms with Gasteiger partial charge in [0.1, 0.15) is 0 Å². The van der Waals surface area contributed by atoms with Crippen molar-refractivity contribution in [3.8, 4) is 0 Å². The number of ketones is 1. The fourth-order valence-corrected chi connectivity index (χ4v) is 2.72. The van der Waals surface area contributed by atoms with Gasteiger partial charge in [-0.15, -0.1) is 0 Å². The van der Waals surface area contributed by atoms with Crippen LogP contribution >= 0.6 is 0 Å². The molecule has 2 aromatic heterocycles. The van der Waals surface area contributed by atoms with Crippen molar-refractivity contribution >= 4 is 11.8 Å². The Hall–Kier alpha value is -2.43. The number of H-pyrrole nitrogens is 1. The summed E-state index contributed by atoms with van der Waals surface area (Å²) in [7, 11) is 1.34. The first kappa shape index (κ1) is 16.9. The third-order valence-corrected chi connectivity index (χ3v) is 4.14. The summed E-state index contributed by atoms with van der Waals surface area (Å²) in [4.78, 5) is 27.5. The molecule has 0 aromatic carbocycles. The van der Waals surface area contributed by atoms with E-state index in [1.54, 1.807) is 13.8 Å². The molecule has 2 aromatic rings. The molecule has 1 N–H and O–H groups in total. The van der Waals surface area contributed by atoms with Crippen molar-refractivity contribution in [3.05, 3.63) is 52.1 Å². The van der Waals surface area contributed by atoms with Crippen LogP contribution in [0.3, 0.4) is 0 Å². The van der Waals surface area contributed by atoms with Gasteiger partial charge in [-0.2, -0.15) is 4.57 Å². The number of carbonyl (C=O) groups excluding carboxylic acids is 2. The van der Waals surface area contributed by atoms with Crippen LogP contribution in [0.25, 0.3) is 0 Å². The maximum Gasteiger partial charge on any atom is 0.339 e. The zero-order valence-electron chi connectivity index (χ0n) is 14.3. The van der Waals surface area contributed by atoms with Crippen LogP contribution in [0.5, 0.6) is 0 Å². The second-order valence-electron chi connectivity index (χ2n) is 5.70. The highest BCUT2D eigenvalue weighted by Crippen LogP contribution is 2.19. The number of esters is 1. The second-order valence-corrected chi connectivity index (χ2v) is 5.70. The highest BCUT2D eigenvalue weighted by atomic mass is 16.5. The van der Waals surface area contributed by atoms with Gasteiger partial charge in [0.05, 0.1) is 18.4 Å². The predicted molar refractivity (Wildman–Crippen MR) is 86.7 cm³/mol. The summed E-state index contributed by atoms with van der Waals surface area (Å²) in [5, 5.41) is 0. The molecule has 0 radical (unpaired) electrons. The van der Waals surface area contributed by atoms with Crippen LogP contribution < -0.4 is 4.57 Å². The van der Waals surface area contributed by atoms with Crippen molar-refractivity contribution < 1.29 is 18.9 Å². The average Bonchev–Trinajstić information content (AvgIpc) is 2.83. The Balaban J connectivity index is 2.34. The lowest BCUT2D eigenvalue weighted by molar-refractivity contribution is -0.689. The number of hydrogen-bond donors (Lipinski definition) is 1. The molecule has 2 heterocycles. The number of Topliss-reactive ketones (excluding diaryl/α,β-unsaturated/α-hetero) is 1. The normalized spacial score (nSPS) is 10.7. The third-order valence-electron chi connectivity index (χ3n) is 4.14. The molecule has 5 nitrogen and oxygen atoms in total. The molecule has 0 aliphatic carbocycles. The lowest BCUT2D eigenvalue weighted by Gasteiger charge is -2.03. The number of nitrogens with one attached hydrogen (secondary N) is 1. The van der Waals surface area contributed by atoms with E-state index in [-0.39, 0.29) is 12.3 Å². The fraction of sp³-hybridized carbons (Fsp3) is 0.389. The van der Waals surface area contributed by atoms with Gasteiger partial charge in [0.25, 0.3) is 0 Å². The summed E-state index contributed by atoms with van der Waals surface area (Å²) in [6.45, 7) is 7.83. The Morgan fingerprint density at radius 2 is 1.91 bits per heavy atom. The summed E-state index contributed by atoms with van der Waals surface area (Å²) >= 11 is 0. The molecular formula is C18H23N2O3+. The number of aryl methyl sites for hydroxylation is 3. The van der Waals surface area contributed by atoms with Crippen molar-refractivity contribution in [3.63, 3.8) is 0 Å². The van der Waals surface area contributed by atoms with E-state index in [2.05, 4.69) is 18.0 Å². The molecule has 0 unspecified atom stereocenters. The number of nitrogens with zero attached hydrogens (tertiary/aromatic N) is 1. The largest absolute Gasteiger partial charge is 0.465 e. The van der Waals surface area contributed by atoms with E-state index in [4.69, 9.17) is 4.74 Å².